The maximum Gasteiger partial charge on any atom is 0.260 e. The SMILES string of the molecule is CCOc1ccc(OCC(=O)N2CCC(c3cccs3)S(=O)(=O)CC2)cc1. The second-order valence-corrected chi connectivity index (χ2v) is 9.52. The zero-order valence-corrected chi connectivity index (χ0v) is 16.8. The maximum atomic E-state index is 12.6. The minimum absolute atomic E-state index is 0.0235. The summed E-state index contributed by atoms with van der Waals surface area (Å²) in [5.74, 6) is 1.09. The van der Waals surface area contributed by atoms with E-state index < -0.39 is 15.1 Å². The first-order chi connectivity index (χ1) is 13.0. The van der Waals surface area contributed by atoms with Crippen LogP contribution in [0, 0.1) is 0 Å². The minimum Gasteiger partial charge on any atom is -0.494 e. The number of amides is 1. The summed E-state index contributed by atoms with van der Waals surface area (Å²) in [5, 5.41) is 1.35. The molecule has 0 radical (unpaired) electrons. The van der Waals surface area contributed by atoms with Crippen molar-refractivity contribution in [1.29, 1.82) is 0 Å². The first kappa shape index (κ1) is 19.7. The zero-order valence-electron chi connectivity index (χ0n) is 15.2. The van der Waals surface area contributed by atoms with Crippen molar-refractivity contribution in [3.63, 3.8) is 0 Å². The molecule has 146 valence electrons. The molecular formula is C19H23NO5S2. The third-order valence-corrected chi connectivity index (χ3v) is 7.69. The second-order valence-electron chi connectivity index (χ2n) is 6.23. The molecule has 0 saturated carbocycles. The number of nitrogens with zero attached hydrogens (tertiary/aromatic N) is 1. The average molecular weight is 410 g/mol. The summed E-state index contributed by atoms with van der Waals surface area (Å²) >= 11 is 1.45. The van der Waals surface area contributed by atoms with E-state index in [9.17, 15) is 13.2 Å². The van der Waals surface area contributed by atoms with Gasteiger partial charge >= 0.3 is 0 Å². The van der Waals surface area contributed by atoms with Gasteiger partial charge in [0.05, 0.1) is 17.6 Å². The predicted molar refractivity (Wildman–Crippen MR) is 105 cm³/mol. The topological polar surface area (TPSA) is 72.9 Å². The van der Waals surface area contributed by atoms with E-state index in [1.165, 1.54) is 11.3 Å². The predicted octanol–water partition coefficient (Wildman–Crippen LogP) is 2.91. The van der Waals surface area contributed by atoms with Gasteiger partial charge in [0, 0.05) is 18.0 Å². The maximum absolute atomic E-state index is 12.6. The van der Waals surface area contributed by atoms with Crippen molar-refractivity contribution < 1.29 is 22.7 Å². The summed E-state index contributed by atoms with van der Waals surface area (Å²) in [6.45, 7) is 3.00. The van der Waals surface area contributed by atoms with Crippen LogP contribution in [0.4, 0.5) is 0 Å². The molecule has 6 nitrogen and oxygen atoms in total. The number of hydrogen-bond donors (Lipinski definition) is 0. The van der Waals surface area contributed by atoms with E-state index in [1.54, 1.807) is 29.2 Å². The van der Waals surface area contributed by atoms with Crippen LogP contribution in [-0.4, -0.2) is 51.3 Å². The number of carbonyl (C=O) groups is 1. The van der Waals surface area contributed by atoms with Crippen LogP contribution in [0.5, 0.6) is 11.5 Å². The van der Waals surface area contributed by atoms with Gasteiger partial charge in [-0.1, -0.05) is 6.07 Å². The van der Waals surface area contributed by atoms with E-state index in [-0.39, 0.29) is 24.8 Å². The van der Waals surface area contributed by atoms with Crippen LogP contribution in [-0.2, 0) is 14.6 Å². The van der Waals surface area contributed by atoms with Crippen LogP contribution in [0.1, 0.15) is 23.5 Å². The van der Waals surface area contributed by atoms with E-state index in [0.29, 0.717) is 25.3 Å². The molecule has 3 rings (SSSR count). The van der Waals surface area contributed by atoms with Gasteiger partial charge in [-0.2, -0.15) is 0 Å². The fourth-order valence-electron chi connectivity index (χ4n) is 3.02. The summed E-state index contributed by atoms with van der Waals surface area (Å²) in [5.41, 5.74) is 0. The normalized spacial score (nSPS) is 19.3. The summed E-state index contributed by atoms with van der Waals surface area (Å²) in [7, 11) is -3.26. The first-order valence-corrected chi connectivity index (χ1v) is 11.5. The van der Waals surface area contributed by atoms with Gasteiger partial charge in [-0.05, 0) is 49.1 Å². The fourth-order valence-corrected chi connectivity index (χ4v) is 6.03. The number of ether oxygens (including phenoxy) is 2. The Morgan fingerprint density at radius 3 is 2.48 bits per heavy atom. The summed E-state index contributed by atoms with van der Waals surface area (Å²) in [4.78, 5) is 14.9. The van der Waals surface area contributed by atoms with E-state index >= 15 is 0 Å². The van der Waals surface area contributed by atoms with Crippen molar-refractivity contribution in [2.24, 2.45) is 0 Å². The molecule has 27 heavy (non-hydrogen) atoms. The van der Waals surface area contributed by atoms with Gasteiger partial charge in [0.1, 0.15) is 11.5 Å². The molecule has 0 aliphatic carbocycles. The standard InChI is InChI=1S/C19H23NO5S2/c1-2-24-15-5-7-16(8-6-15)25-14-19(21)20-10-9-18(17-4-3-12-26-17)27(22,23)13-11-20/h3-8,12,18H,2,9-11,13-14H2,1H3. The molecule has 1 saturated heterocycles. The van der Waals surface area contributed by atoms with Gasteiger partial charge in [-0.3, -0.25) is 4.79 Å². The van der Waals surface area contributed by atoms with Gasteiger partial charge in [-0.25, -0.2) is 8.42 Å². The Bertz CT molecular complexity index is 847. The van der Waals surface area contributed by atoms with Crippen LogP contribution in [0.25, 0.3) is 0 Å². The Labute approximate surface area is 163 Å². The van der Waals surface area contributed by atoms with Crippen LogP contribution in [0.3, 0.4) is 0 Å². The van der Waals surface area contributed by atoms with Gasteiger partial charge in [0.2, 0.25) is 0 Å². The van der Waals surface area contributed by atoms with Gasteiger partial charge in [-0.15, -0.1) is 11.3 Å². The highest BCUT2D eigenvalue weighted by Crippen LogP contribution is 2.32. The number of thiophene rings is 1. The first-order valence-electron chi connectivity index (χ1n) is 8.88. The fraction of sp³-hybridized carbons (Fsp3) is 0.421. The van der Waals surface area contributed by atoms with Gasteiger partial charge in [0.15, 0.2) is 16.4 Å². The Hall–Kier alpha value is -2.06. The molecule has 2 heterocycles. The van der Waals surface area contributed by atoms with Gasteiger partial charge < -0.3 is 14.4 Å². The summed E-state index contributed by atoms with van der Waals surface area (Å²) in [6.07, 6.45) is 0.414. The van der Waals surface area contributed by atoms with Crippen molar-refractivity contribution in [3.05, 3.63) is 46.7 Å². The Balaban J connectivity index is 1.57. The molecule has 8 heteroatoms. The van der Waals surface area contributed by atoms with Crippen molar-refractivity contribution in [1.82, 2.24) is 4.90 Å². The van der Waals surface area contributed by atoms with E-state index in [2.05, 4.69) is 0 Å². The molecule has 1 atom stereocenters. The minimum atomic E-state index is -3.26. The third kappa shape index (κ3) is 5.01. The molecule has 0 spiro atoms. The quantitative estimate of drug-likeness (QED) is 0.734. The molecule has 1 fully saturated rings. The molecule has 1 unspecified atom stereocenters. The average Bonchev–Trinajstić information content (AvgIpc) is 3.12. The molecule has 1 amide bonds. The number of rotatable bonds is 6. The highest BCUT2D eigenvalue weighted by molar-refractivity contribution is 7.91. The molecule has 1 aliphatic heterocycles. The van der Waals surface area contributed by atoms with Crippen LogP contribution >= 0.6 is 11.3 Å². The van der Waals surface area contributed by atoms with Crippen molar-refractivity contribution in [2.75, 3.05) is 32.1 Å². The lowest BCUT2D eigenvalue weighted by Gasteiger charge is -2.20. The molecule has 1 aromatic heterocycles. The lowest BCUT2D eigenvalue weighted by Crippen LogP contribution is -2.37. The smallest absolute Gasteiger partial charge is 0.260 e. The van der Waals surface area contributed by atoms with E-state index in [1.807, 2.05) is 24.4 Å². The molecular weight excluding hydrogens is 386 g/mol. The van der Waals surface area contributed by atoms with E-state index in [0.717, 1.165) is 10.6 Å². The molecule has 2 aromatic rings. The molecule has 0 N–H and O–H groups in total. The second kappa shape index (κ2) is 8.75. The lowest BCUT2D eigenvalue weighted by molar-refractivity contribution is -0.133. The highest BCUT2D eigenvalue weighted by Gasteiger charge is 2.33. The summed E-state index contributed by atoms with van der Waals surface area (Å²) in [6, 6.07) is 10.8. The molecule has 1 aliphatic rings. The third-order valence-electron chi connectivity index (χ3n) is 4.45. The van der Waals surface area contributed by atoms with Crippen LogP contribution in [0.2, 0.25) is 0 Å². The Kier molecular flexibility index (Phi) is 6.38. The summed E-state index contributed by atoms with van der Waals surface area (Å²) < 4.78 is 36.0. The Morgan fingerprint density at radius 1 is 1.15 bits per heavy atom. The largest absolute Gasteiger partial charge is 0.494 e. The van der Waals surface area contributed by atoms with Crippen molar-refractivity contribution >= 4 is 27.1 Å². The van der Waals surface area contributed by atoms with E-state index in [4.69, 9.17) is 9.47 Å². The number of carbonyl (C=O) groups excluding carboxylic acids is 1. The molecule has 1 aromatic carbocycles. The number of benzene rings is 1. The van der Waals surface area contributed by atoms with Crippen molar-refractivity contribution in [3.8, 4) is 11.5 Å². The van der Waals surface area contributed by atoms with Crippen molar-refractivity contribution in [2.45, 2.75) is 18.6 Å². The van der Waals surface area contributed by atoms with Crippen LogP contribution < -0.4 is 9.47 Å². The number of hydrogen-bond acceptors (Lipinski definition) is 6. The zero-order chi connectivity index (χ0) is 19.3. The van der Waals surface area contributed by atoms with Crippen LogP contribution in [0.15, 0.2) is 41.8 Å². The highest BCUT2D eigenvalue weighted by atomic mass is 32.2. The van der Waals surface area contributed by atoms with Gasteiger partial charge in [0.25, 0.3) is 5.91 Å². The monoisotopic (exact) mass is 409 g/mol. The Morgan fingerprint density at radius 2 is 1.85 bits per heavy atom. The lowest BCUT2D eigenvalue weighted by atomic mass is 10.2. The number of sulfone groups is 1. The molecule has 0 bridgehead atoms.